The van der Waals surface area contributed by atoms with Crippen molar-refractivity contribution in [1.29, 1.82) is 0 Å². The van der Waals surface area contributed by atoms with E-state index in [0.717, 1.165) is 12.1 Å². The maximum Gasteiger partial charge on any atom is 0.272 e. The maximum absolute atomic E-state index is 13.9. The van der Waals surface area contributed by atoms with Crippen LogP contribution in [0.15, 0.2) is 30.5 Å². The molecule has 1 atom stereocenters. The van der Waals surface area contributed by atoms with E-state index in [4.69, 9.17) is 0 Å². The summed E-state index contributed by atoms with van der Waals surface area (Å²) >= 11 is 0. The number of carbonyl (C=O) groups is 1. The minimum absolute atomic E-state index is 0.126. The number of rotatable bonds is 7. The number of hydrogen-bond acceptors (Lipinski definition) is 4. The summed E-state index contributed by atoms with van der Waals surface area (Å²) < 4.78 is 56.6. The predicted molar refractivity (Wildman–Crippen MR) is 87.5 cm³/mol. The van der Waals surface area contributed by atoms with E-state index in [1.807, 2.05) is 0 Å². The second-order valence-corrected chi connectivity index (χ2v) is 5.39. The molecule has 1 unspecified atom stereocenters. The number of nitrogens with zero attached hydrogens (tertiary/aromatic N) is 1. The SMILES string of the molecule is CNc1cc(C(=O)NC(C)c2cc(F)c(OCC(F)F)c(F)c2)ccn1. The Hall–Kier alpha value is -2.84. The Bertz CT molecular complexity index is 763. The monoisotopic (exact) mass is 371 g/mol. The van der Waals surface area contributed by atoms with Crippen LogP contribution in [-0.2, 0) is 0 Å². The largest absolute Gasteiger partial charge is 0.482 e. The number of amides is 1. The summed E-state index contributed by atoms with van der Waals surface area (Å²) in [5, 5.41) is 5.39. The van der Waals surface area contributed by atoms with Crippen molar-refractivity contribution < 1.29 is 27.1 Å². The molecule has 1 amide bonds. The zero-order valence-electron chi connectivity index (χ0n) is 14.0. The highest BCUT2D eigenvalue weighted by Crippen LogP contribution is 2.26. The fourth-order valence-corrected chi connectivity index (χ4v) is 2.19. The van der Waals surface area contributed by atoms with Gasteiger partial charge in [-0.25, -0.2) is 22.5 Å². The van der Waals surface area contributed by atoms with E-state index in [2.05, 4.69) is 20.4 Å². The Morgan fingerprint density at radius 3 is 2.46 bits per heavy atom. The van der Waals surface area contributed by atoms with E-state index >= 15 is 0 Å². The maximum atomic E-state index is 13.9. The van der Waals surface area contributed by atoms with Crippen molar-refractivity contribution in [2.24, 2.45) is 0 Å². The summed E-state index contributed by atoms with van der Waals surface area (Å²) in [6.45, 7) is 0.418. The molecule has 140 valence electrons. The number of hydrogen-bond donors (Lipinski definition) is 2. The van der Waals surface area contributed by atoms with Crippen molar-refractivity contribution in [1.82, 2.24) is 10.3 Å². The van der Waals surface area contributed by atoms with E-state index in [9.17, 15) is 22.4 Å². The van der Waals surface area contributed by atoms with Crippen LogP contribution in [0.1, 0.15) is 28.9 Å². The summed E-state index contributed by atoms with van der Waals surface area (Å²) in [4.78, 5) is 16.2. The molecule has 5 nitrogen and oxygen atoms in total. The van der Waals surface area contributed by atoms with Crippen LogP contribution in [0.5, 0.6) is 5.75 Å². The fraction of sp³-hybridized carbons (Fsp3) is 0.294. The zero-order chi connectivity index (χ0) is 19.3. The summed E-state index contributed by atoms with van der Waals surface area (Å²) in [6, 6.07) is 4.14. The lowest BCUT2D eigenvalue weighted by Gasteiger charge is -2.16. The third kappa shape index (κ3) is 4.84. The van der Waals surface area contributed by atoms with E-state index in [1.165, 1.54) is 25.3 Å². The van der Waals surface area contributed by atoms with Crippen LogP contribution in [-0.4, -0.2) is 31.0 Å². The van der Waals surface area contributed by atoms with Crippen LogP contribution in [0.4, 0.5) is 23.4 Å². The van der Waals surface area contributed by atoms with Crippen molar-refractivity contribution in [2.45, 2.75) is 19.4 Å². The number of alkyl halides is 2. The molecule has 0 bridgehead atoms. The van der Waals surface area contributed by atoms with E-state index < -0.39 is 42.4 Å². The second kappa shape index (κ2) is 8.50. The molecule has 0 saturated heterocycles. The molecule has 2 rings (SSSR count). The van der Waals surface area contributed by atoms with Crippen LogP contribution in [0.25, 0.3) is 0 Å². The molecule has 1 aromatic carbocycles. The second-order valence-electron chi connectivity index (χ2n) is 5.39. The summed E-state index contributed by atoms with van der Waals surface area (Å²) in [6.07, 6.45) is -1.41. The van der Waals surface area contributed by atoms with Crippen molar-refractivity contribution in [3.05, 3.63) is 53.2 Å². The van der Waals surface area contributed by atoms with Crippen LogP contribution in [0.2, 0.25) is 0 Å². The van der Waals surface area contributed by atoms with Gasteiger partial charge in [0.05, 0.1) is 6.04 Å². The number of benzene rings is 1. The Kier molecular flexibility index (Phi) is 6.37. The van der Waals surface area contributed by atoms with Crippen molar-refractivity contribution in [3.63, 3.8) is 0 Å². The van der Waals surface area contributed by atoms with Crippen LogP contribution in [0, 0.1) is 11.6 Å². The van der Waals surface area contributed by atoms with Crippen LogP contribution >= 0.6 is 0 Å². The van der Waals surface area contributed by atoms with E-state index in [0.29, 0.717) is 11.4 Å². The summed E-state index contributed by atoms with van der Waals surface area (Å²) in [5.74, 6) is -3.09. The molecular formula is C17H17F4N3O2. The molecule has 0 aliphatic rings. The van der Waals surface area contributed by atoms with Gasteiger partial charge >= 0.3 is 0 Å². The van der Waals surface area contributed by atoms with Crippen molar-refractivity contribution >= 4 is 11.7 Å². The van der Waals surface area contributed by atoms with Crippen LogP contribution < -0.4 is 15.4 Å². The van der Waals surface area contributed by atoms with Gasteiger partial charge in [-0.05, 0) is 36.8 Å². The zero-order valence-corrected chi connectivity index (χ0v) is 14.0. The first-order valence-electron chi connectivity index (χ1n) is 7.66. The lowest BCUT2D eigenvalue weighted by molar-refractivity contribution is 0.0776. The highest BCUT2D eigenvalue weighted by atomic mass is 19.3. The quantitative estimate of drug-likeness (QED) is 0.731. The van der Waals surface area contributed by atoms with E-state index in [1.54, 1.807) is 7.05 Å². The van der Waals surface area contributed by atoms with Gasteiger partial charge in [0, 0.05) is 18.8 Å². The molecule has 0 saturated carbocycles. The third-order valence-corrected chi connectivity index (χ3v) is 3.50. The number of pyridine rings is 1. The van der Waals surface area contributed by atoms with Gasteiger partial charge in [-0.2, -0.15) is 0 Å². The minimum Gasteiger partial charge on any atom is -0.482 e. The fourth-order valence-electron chi connectivity index (χ4n) is 2.19. The van der Waals surface area contributed by atoms with Gasteiger partial charge in [-0.1, -0.05) is 0 Å². The molecule has 0 fully saturated rings. The number of nitrogens with one attached hydrogen (secondary N) is 2. The van der Waals surface area contributed by atoms with Crippen molar-refractivity contribution in [3.8, 4) is 5.75 Å². The molecule has 26 heavy (non-hydrogen) atoms. The van der Waals surface area contributed by atoms with Gasteiger partial charge < -0.3 is 15.4 Å². The van der Waals surface area contributed by atoms with Gasteiger partial charge in [0.2, 0.25) is 0 Å². The smallest absolute Gasteiger partial charge is 0.272 e. The first-order valence-corrected chi connectivity index (χ1v) is 7.66. The van der Waals surface area contributed by atoms with Gasteiger partial charge in [0.1, 0.15) is 12.4 Å². The predicted octanol–water partition coefficient (Wildman–Crippen LogP) is 3.54. The highest BCUT2D eigenvalue weighted by molar-refractivity contribution is 5.95. The molecular weight excluding hydrogens is 354 g/mol. The van der Waals surface area contributed by atoms with E-state index in [-0.39, 0.29) is 5.56 Å². The normalized spacial score (nSPS) is 12.0. The first kappa shape index (κ1) is 19.5. The molecule has 1 heterocycles. The third-order valence-electron chi connectivity index (χ3n) is 3.50. The molecule has 0 spiro atoms. The molecule has 0 radical (unpaired) electrons. The Morgan fingerprint density at radius 2 is 1.88 bits per heavy atom. The lowest BCUT2D eigenvalue weighted by atomic mass is 10.1. The first-order chi connectivity index (χ1) is 12.3. The van der Waals surface area contributed by atoms with Gasteiger partial charge in [0.25, 0.3) is 12.3 Å². The molecule has 1 aromatic heterocycles. The van der Waals surface area contributed by atoms with Gasteiger partial charge in [-0.15, -0.1) is 0 Å². The van der Waals surface area contributed by atoms with Crippen molar-refractivity contribution in [2.75, 3.05) is 19.0 Å². The molecule has 0 aliphatic carbocycles. The number of halogens is 4. The van der Waals surface area contributed by atoms with Gasteiger partial charge in [0.15, 0.2) is 17.4 Å². The molecule has 2 aromatic rings. The number of carbonyl (C=O) groups excluding carboxylic acids is 1. The summed E-state index contributed by atoms with van der Waals surface area (Å²) in [7, 11) is 1.65. The minimum atomic E-state index is -2.85. The molecule has 2 N–H and O–H groups in total. The van der Waals surface area contributed by atoms with Crippen LogP contribution in [0.3, 0.4) is 0 Å². The average molecular weight is 371 g/mol. The Labute approximate surface area is 147 Å². The standard InChI is InChI=1S/C17H17F4N3O2/c1-9(24-17(25)10-3-4-23-15(7-10)22-2)11-5-12(18)16(13(19)6-11)26-8-14(20)21/h3-7,9,14H,8H2,1-2H3,(H,22,23)(H,24,25). The lowest BCUT2D eigenvalue weighted by Crippen LogP contribution is -2.27. The number of aromatic nitrogens is 1. The molecule has 0 aliphatic heterocycles. The Morgan fingerprint density at radius 1 is 1.23 bits per heavy atom. The topological polar surface area (TPSA) is 63.2 Å². The number of anilines is 1. The summed E-state index contributed by atoms with van der Waals surface area (Å²) in [5.41, 5.74) is 0.440. The highest BCUT2D eigenvalue weighted by Gasteiger charge is 2.19. The average Bonchev–Trinajstić information content (AvgIpc) is 2.60. The Balaban J connectivity index is 2.13. The molecule has 9 heteroatoms. The van der Waals surface area contributed by atoms with Gasteiger partial charge in [-0.3, -0.25) is 4.79 Å². The number of ether oxygens (including phenoxy) is 1.